The standard InChI is InChI=1S/C25H38N5O3/c1-18(2)23(27)28-25(32)30-15-11-19(12-16-30)6-5-17-33-21-9-7-20(8-10-21)22(26)24(31)29-13-3-4-14-29/h7-10,18-19,22H,3-6,11-17,26H2,1-2H3,(H-,27,28,32)/q-1. The minimum Gasteiger partial charge on any atom is -0.494 e. The number of ether oxygens (including phenoxy) is 1. The van der Waals surface area contributed by atoms with E-state index in [0.29, 0.717) is 25.6 Å². The molecule has 2 heterocycles. The van der Waals surface area contributed by atoms with E-state index in [2.05, 4.69) is 5.32 Å². The molecular weight excluding hydrogens is 418 g/mol. The number of nitrogens with one attached hydrogen (secondary N) is 1. The Balaban J connectivity index is 1.32. The molecule has 2 saturated heterocycles. The lowest BCUT2D eigenvalue weighted by Gasteiger charge is -2.35. The molecule has 0 saturated carbocycles. The second-order valence-corrected chi connectivity index (χ2v) is 9.47. The Labute approximate surface area is 197 Å². The van der Waals surface area contributed by atoms with E-state index >= 15 is 0 Å². The molecule has 0 aromatic heterocycles. The Morgan fingerprint density at radius 3 is 2.33 bits per heavy atom. The Morgan fingerprint density at radius 2 is 1.73 bits per heavy atom. The maximum Gasteiger partial charge on any atom is 0.244 e. The molecule has 1 atom stereocenters. The van der Waals surface area contributed by atoms with Crippen LogP contribution in [0.25, 0.3) is 5.41 Å². The number of rotatable bonds is 8. The van der Waals surface area contributed by atoms with Gasteiger partial charge in [0.25, 0.3) is 0 Å². The van der Waals surface area contributed by atoms with Gasteiger partial charge in [0.2, 0.25) is 11.9 Å². The van der Waals surface area contributed by atoms with E-state index in [1.165, 1.54) is 0 Å². The van der Waals surface area contributed by atoms with Crippen molar-refractivity contribution < 1.29 is 14.3 Å². The van der Waals surface area contributed by atoms with Crippen molar-refractivity contribution in [2.75, 3.05) is 32.8 Å². The summed E-state index contributed by atoms with van der Waals surface area (Å²) >= 11 is 0. The molecule has 182 valence electrons. The van der Waals surface area contributed by atoms with Gasteiger partial charge in [0, 0.05) is 26.2 Å². The van der Waals surface area contributed by atoms with Crippen LogP contribution in [0.4, 0.5) is 4.79 Å². The first-order valence-electron chi connectivity index (χ1n) is 12.2. The third kappa shape index (κ3) is 7.19. The number of piperidine rings is 1. The number of hydrogen-bond donors (Lipinski definition) is 2. The second-order valence-electron chi connectivity index (χ2n) is 9.47. The molecule has 0 radical (unpaired) electrons. The van der Waals surface area contributed by atoms with Crippen LogP contribution < -0.4 is 15.8 Å². The number of amides is 3. The van der Waals surface area contributed by atoms with Crippen LogP contribution in [-0.2, 0) is 4.79 Å². The summed E-state index contributed by atoms with van der Waals surface area (Å²) in [5, 5.41) is 12.3. The number of nitrogens with zero attached hydrogens (tertiary/aromatic N) is 3. The summed E-state index contributed by atoms with van der Waals surface area (Å²) in [7, 11) is 0. The van der Waals surface area contributed by atoms with Gasteiger partial charge >= 0.3 is 0 Å². The highest BCUT2D eigenvalue weighted by molar-refractivity contribution is 6.00. The molecule has 0 aliphatic carbocycles. The van der Waals surface area contributed by atoms with Gasteiger partial charge < -0.3 is 31.0 Å². The summed E-state index contributed by atoms with van der Waals surface area (Å²) in [6, 6.07) is 6.69. The van der Waals surface area contributed by atoms with Crippen LogP contribution in [0.15, 0.2) is 24.3 Å². The monoisotopic (exact) mass is 456 g/mol. The lowest BCUT2D eigenvalue weighted by Crippen LogP contribution is -2.47. The Kier molecular flexibility index (Phi) is 9.11. The zero-order valence-corrected chi connectivity index (χ0v) is 20.0. The summed E-state index contributed by atoms with van der Waals surface area (Å²) < 4.78 is 5.88. The fourth-order valence-electron chi connectivity index (χ4n) is 4.37. The van der Waals surface area contributed by atoms with Crippen LogP contribution in [-0.4, -0.2) is 60.4 Å². The minimum absolute atomic E-state index is 0.000415. The highest BCUT2D eigenvalue weighted by Crippen LogP contribution is 2.23. The molecular formula is C25H38N5O3-. The van der Waals surface area contributed by atoms with Crippen molar-refractivity contribution in [3.8, 4) is 5.75 Å². The van der Waals surface area contributed by atoms with Crippen molar-refractivity contribution in [3.63, 3.8) is 0 Å². The van der Waals surface area contributed by atoms with Crippen molar-refractivity contribution in [2.24, 2.45) is 17.6 Å². The average molecular weight is 457 g/mol. The van der Waals surface area contributed by atoms with Gasteiger partial charge in [-0.15, -0.1) is 0 Å². The molecule has 33 heavy (non-hydrogen) atoms. The lowest BCUT2D eigenvalue weighted by molar-refractivity contribution is -0.131. The summed E-state index contributed by atoms with van der Waals surface area (Å²) in [5.41, 5.74) is 6.98. The smallest absolute Gasteiger partial charge is 0.244 e. The first-order valence-corrected chi connectivity index (χ1v) is 12.2. The average Bonchev–Trinajstić information content (AvgIpc) is 3.36. The van der Waals surface area contributed by atoms with Crippen LogP contribution in [0.2, 0.25) is 0 Å². The van der Waals surface area contributed by atoms with E-state index in [1.807, 2.05) is 43.0 Å². The normalized spacial score (nSPS) is 17.8. The number of benzene rings is 1. The summed E-state index contributed by atoms with van der Waals surface area (Å²) in [5.74, 6) is 1.30. The van der Waals surface area contributed by atoms with Crippen molar-refractivity contribution in [1.82, 2.24) is 15.1 Å². The van der Waals surface area contributed by atoms with Crippen LogP contribution in [0.3, 0.4) is 0 Å². The van der Waals surface area contributed by atoms with E-state index in [9.17, 15) is 15.0 Å². The van der Waals surface area contributed by atoms with E-state index < -0.39 is 6.04 Å². The number of likely N-dealkylation sites (tertiary alicyclic amines) is 2. The molecule has 2 aliphatic rings. The number of hydrogen-bond acceptors (Lipinski definition) is 4. The van der Waals surface area contributed by atoms with Crippen molar-refractivity contribution in [2.45, 2.75) is 58.4 Å². The highest BCUT2D eigenvalue weighted by atomic mass is 16.5. The van der Waals surface area contributed by atoms with Gasteiger partial charge in [0.1, 0.15) is 11.8 Å². The first kappa shape index (κ1) is 25.0. The molecule has 8 nitrogen and oxygen atoms in total. The van der Waals surface area contributed by atoms with Gasteiger partial charge in [0.15, 0.2) is 0 Å². The largest absolute Gasteiger partial charge is 0.494 e. The summed E-state index contributed by atoms with van der Waals surface area (Å²) in [4.78, 5) is 28.3. The number of amidine groups is 1. The molecule has 0 bridgehead atoms. The molecule has 2 fully saturated rings. The molecule has 2 aliphatic heterocycles. The third-order valence-electron chi connectivity index (χ3n) is 6.63. The number of nitrogens with two attached hydrogens (primary N) is 1. The molecule has 0 spiro atoms. The second kappa shape index (κ2) is 12.0. The lowest BCUT2D eigenvalue weighted by atomic mass is 9.92. The number of carbonyl (C=O) groups excluding carboxylic acids is 2. The van der Waals surface area contributed by atoms with Gasteiger partial charge in [-0.2, -0.15) is 0 Å². The SMILES string of the molecule is CC(C)C(=[N-])NC(=O)N1CCC(CCCOc2ccc(C(N)C(=O)N3CCCC3)cc2)CC1. The zero-order chi connectivity index (χ0) is 23.8. The molecule has 3 N–H and O–H groups in total. The summed E-state index contributed by atoms with van der Waals surface area (Å²) in [6.07, 6.45) is 6.06. The van der Waals surface area contributed by atoms with Crippen LogP contribution in [0, 0.1) is 11.8 Å². The van der Waals surface area contributed by atoms with Crippen LogP contribution in [0.5, 0.6) is 5.75 Å². The van der Waals surface area contributed by atoms with Crippen LogP contribution >= 0.6 is 0 Å². The fourth-order valence-corrected chi connectivity index (χ4v) is 4.37. The molecule has 1 unspecified atom stereocenters. The topological polar surface area (TPSA) is 110 Å². The fraction of sp³-hybridized carbons (Fsp3) is 0.640. The Bertz CT molecular complexity index is 797. The van der Waals surface area contributed by atoms with E-state index in [4.69, 9.17) is 10.5 Å². The predicted octanol–water partition coefficient (Wildman–Crippen LogP) is 3.51. The van der Waals surface area contributed by atoms with Crippen molar-refractivity contribution in [3.05, 3.63) is 35.2 Å². The number of urea groups is 1. The molecule has 1 aromatic rings. The molecule has 8 heteroatoms. The van der Waals surface area contributed by atoms with Gasteiger partial charge in [-0.1, -0.05) is 31.8 Å². The predicted molar refractivity (Wildman–Crippen MR) is 130 cm³/mol. The maximum absolute atomic E-state index is 12.5. The molecule has 1 aromatic carbocycles. The quantitative estimate of drug-likeness (QED) is 0.354. The van der Waals surface area contributed by atoms with E-state index in [0.717, 1.165) is 62.9 Å². The molecule has 3 rings (SSSR count). The van der Waals surface area contributed by atoms with Gasteiger partial charge in [-0.05, 0) is 68.1 Å². The number of carbonyl (C=O) groups is 2. The van der Waals surface area contributed by atoms with Crippen molar-refractivity contribution >= 4 is 17.8 Å². The van der Waals surface area contributed by atoms with Gasteiger partial charge in [-0.3, -0.25) is 9.59 Å². The first-order chi connectivity index (χ1) is 15.8. The Hall–Kier alpha value is -2.61. The van der Waals surface area contributed by atoms with Crippen LogP contribution in [0.1, 0.15) is 64.0 Å². The van der Waals surface area contributed by atoms with E-state index in [1.54, 1.807) is 4.90 Å². The maximum atomic E-state index is 12.5. The zero-order valence-electron chi connectivity index (χ0n) is 20.0. The molecule has 3 amide bonds. The van der Waals surface area contributed by atoms with Gasteiger partial charge in [0.05, 0.1) is 6.61 Å². The highest BCUT2D eigenvalue weighted by Gasteiger charge is 2.25. The summed E-state index contributed by atoms with van der Waals surface area (Å²) in [6.45, 7) is 7.34. The van der Waals surface area contributed by atoms with Gasteiger partial charge in [-0.25, -0.2) is 0 Å². The van der Waals surface area contributed by atoms with E-state index in [-0.39, 0.29) is 23.7 Å². The third-order valence-corrected chi connectivity index (χ3v) is 6.63. The minimum atomic E-state index is -0.614. The Morgan fingerprint density at radius 1 is 1.09 bits per heavy atom. The van der Waals surface area contributed by atoms with Crippen molar-refractivity contribution in [1.29, 1.82) is 0 Å².